The van der Waals surface area contributed by atoms with Gasteiger partial charge in [0.05, 0.1) is 6.10 Å². The maximum absolute atomic E-state index is 12.8. The lowest BCUT2D eigenvalue weighted by Gasteiger charge is -2.31. The molecule has 0 aromatic heterocycles. The molecule has 1 aliphatic carbocycles. The number of amides is 1. The topological polar surface area (TPSA) is 38.8 Å². The van der Waals surface area contributed by atoms with Crippen LogP contribution in [0.4, 0.5) is 0 Å². The summed E-state index contributed by atoms with van der Waals surface area (Å²) in [5.41, 5.74) is 0.801. The van der Waals surface area contributed by atoms with Crippen LogP contribution in [-0.4, -0.2) is 49.3 Å². The molecular weight excluding hydrogens is 302 g/mol. The number of rotatable bonds is 7. The fraction of sp³-hybridized carbons (Fsp3) is 0.650. The molecule has 1 aromatic carbocycles. The van der Waals surface area contributed by atoms with Gasteiger partial charge in [0.1, 0.15) is 5.60 Å². The highest BCUT2D eigenvalue weighted by Crippen LogP contribution is 2.35. The lowest BCUT2D eigenvalue weighted by atomic mass is 10.0. The smallest absolute Gasteiger partial charge is 0.254 e. The SMILES string of the molecule is COC1(C(=O)N2CCC(OCCCc3ccccc3)C2)CCCC1. The Hall–Kier alpha value is -1.39. The van der Waals surface area contributed by atoms with E-state index in [-0.39, 0.29) is 12.0 Å². The van der Waals surface area contributed by atoms with Crippen molar-refractivity contribution in [3.05, 3.63) is 35.9 Å². The van der Waals surface area contributed by atoms with E-state index in [0.717, 1.165) is 64.6 Å². The molecule has 0 N–H and O–H groups in total. The average molecular weight is 331 g/mol. The van der Waals surface area contributed by atoms with E-state index in [1.54, 1.807) is 7.11 Å². The van der Waals surface area contributed by atoms with Crippen molar-refractivity contribution in [1.29, 1.82) is 0 Å². The normalized spacial score (nSPS) is 22.9. The largest absolute Gasteiger partial charge is 0.376 e. The molecule has 1 aliphatic heterocycles. The quantitative estimate of drug-likeness (QED) is 0.720. The van der Waals surface area contributed by atoms with Gasteiger partial charge in [-0.25, -0.2) is 0 Å². The molecule has 1 saturated heterocycles. The molecule has 1 heterocycles. The lowest BCUT2D eigenvalue weighted by molar-refractivity contribution is -0.153. The molecule has 1 unspecified atom stereocenters. The van der Waals surface area contributed by atoms with Crippen molar-refractivity contribution in [1.82, 2.24) is 4.90 Å². The Morgan fingerprint density at radius 2 is 2.00 bits per heavy atom. The van der Waals surface area contributed by atoms with Gasteiger partial charge in [0.15, 0.2) is 0 Å². The summed E-state index contributed by atoms with van der Waals surface area (Å²) < 4.78 is 11.6. The van der Waals surface area contributed by atoms with Gasteiger partial charge < -0.3 is 14.4 Å². The molecule has 1 aromatic rings. The number of carbonyl (C=O) groups excluding carboxylic acids is 1. The Balaban J connectivity index is 1.40. The second-order valence-corrected chi connectivity index (χ2v) is 7.03. The third-order valence-electron chi connectivity index (χ3n) is 5.43. The lowest BCUT2D eigenvalue weighted by Crippen LogP contribution is -2.48. The Labute approximate surface area is 145 Å². The average Bonchev–Trinajstić information content (AvgIpc) is 3.29. The summed E-state index contributed by atoms with van der Waals surface area (Å²) in [6.07, 6.45) is 7.10. The van der Waals surface area contributed by atoms with Gasteiger partial charge in [-0.3, -0.25) is 4.79 Å². The molecule has 1 atom stereocenters. The van der Waals surface area contributed by atoms with E-state index in [2.05, 4.69) is 24.3 Å². The van der Waals surface area contributed by atoms with Crippen LogP contribution in [0.5, 0.6) is 0 Å². The minimum Gasteiger partial charge on any atom is -0.376 e. The van der Waals surface area contributed by atoms with Crippen LogP contribution in [0.2, 0.25) is 0 Å². The molecule has 4 heteroatoms. The van der Waals surface area contributed by atoms with Crippen LogP contribution in [0.15, 0.2) is 30.3 Å². The van der Waals surface area contributed by atoms with Crippen LogP contribution < -0.4 is 0 Å². The van der Waals surface area contributed by atoms with Crippen LogP contribution >= 0.6 is 0 Å². The van der Waals surface area contributed by atoms with Crippen LogP contribution in [0.3, 0.4) is 0 Å². The number of hydrogen-bond donors (Lipinski definition) is 0. The molecule has 132 valence electrons. The molecule has 2 fully saturated rings. The highest BCUT2D eigenvalue weighted by molar-refractivity contribution is 5.86. The third kappa shape index (κ3) is 3.98. The van der Waals surface area contributed by atoms with E-state index in [1.165, 1.54) is 5.56 Å². The predicted molar refractivity (Wildman–Crippen MR) is 93.9 cm³/mol. The second kappa shape index (κ2) is 8.13. The minimum absolute atomic E-state index is 0.179. The number of methoxy groups -OCH3 is 1. The second-order valence-electron chi connectivity index (χ2n) is 7.03. The molecule has 4 nitrogen and oxygen atoms in total. The molecule has 3 rings (SSSR count). The molecule has 0 spiro atoms. The van der Waals surface area contributed by atoms with Gasteiger partial charge in [0, 0.05) is 26.8 Å². The summed E-state index contributed by atoms with van der Waals surface area (Å²) >= 11 is 0. The van der Waals surface area contributed by atoms with Gasteiger partial charge in [-0.2, -0.15) is 0 Å². The summed E-state index contributed by atoms with van der Waals surface area (Å²) in [5, 5.41) is 0. The first-order chi connectivity index (χ1) is 11.7. The van der Waals surface area contributed by atoms with Crippen LogP contribution in [0.1, 0.15) is 44.1 Å². The Morgan fingerprint density at radius 1 is 1.25 bits per heavy atom. The van der Waals surface area contributed by atoms with E-state index in [9.17, 15) is 4.79 Å². The number of nitrogens with zero attached hydrogens (tertiary/aromatic N) is 1. The van der Waals surface area contributed by atoms with E-state index in [0.29, 0.717) is 0 Å². The summed E-state index contributed by atoms with van der Waals surface area (Å²) in [5.74, 6) is 0.179. The molecule has 24 heavy (non-hydrogen) atoms. The first kappa shape index (κ1) is 17.4. The zero-order valence-corrected chi connectivity index (χ0v) is 14.7. The van der Waals surface area contributed by atoms with E-state index < -0.39 is 5.60 Å². The van der Waals surface area contributed by atoms with Crippen LogP contribution in [0.25, 0.3) is 0 Å². The van der Waals surface area contributed by atoms with E-state index >= 15 is 0 Å². The van der Waals surface area contributed by atoms with Gasteiger partial charge in [-0.1, -0.05) is 30.3 Å². The molecule has 2 aliphatic rings. The zero-order chi connectivity index (χ0) is 16.8. The molecule has 1 saturated carbocycles. The summed E-state index contributed by atoms with van der Waals surface area (Å²) in [6.45, 7) is 2.28. The van der Waals surface area contributed by atoms with Crippen molar-refractivity contribution in [2.24, 2.45) is 0 Å². The number of carbonyl (C=O) groups is 1. The Kier molecular flexibility index (Phi) is 5.90. The number of hydrogen-bond acceptors (Lipinski definition) is 3. The maximum Gasteiger partial charge on any atom is 0.254 e. The van der Waals surface area contributed by atoms with E-state index in [1.807, 2.05) is 11.0 Å². The van der Waals surface area contributed by atoms with Gasteiger partial charge >= 0.3 is 0 Å². The molecule has 0 radical (unpaired) electrons. The van der Waals surface area contributed by atoms with Crippen LogP contribution in [0, 0.1) is 0 Å². The van der Waals surface area contributed by atoms with Crippen LogP contribution in [-0.2, 0) is 20.7 Å². The summed E-state index contributed by atoms with van der Waals surface area (Å²) in [4.78, 5) is 14.8. The first-order valence-corrected chi connectivity index (χ1v) is 9.23. The molecule has 1 amide bonds. The van der Waals surface area contributed by atoms with Crippen molar-refractivity contribution in [3.63, 3.8) is 0 Å². The predicted octanol–water partition coefficient (Wildman–Crippen LogP) is 3.20. The highest BCUT2D eigenvalue weighted by atomic mass is 16.5. The standard InChI is InChI=1S/C20H29NO3/c1-23-20(12-5-6-13-20)19(22)21-14-11-18(16-21)24-15-7-10-17-8-3-2-4-9-17/h2-4,8-9,18H,5-7,10-16H2,1H3. The summed E-state index contributed by atoms with van der Waals surface area (Å²) in [6, 6.07) is 10.5. The fourth-order valence-electron chi connectivity index (χ4n) is 3.96. The first-order valence-electron chi connectivity index (χ1n) is 9.23. The van der Waals surface area contributed by atoms with Gasteiger partial charge in [-0.15, -0.1) is 0 Å². The monoisotopic (exact) mass is 331 g/mol. The maximum atomic E-state index is 12.8. The van der Waals surface area contributed by atoms with Crippen molar-refractivity contribution in [2.45, 2.75) is 56.7 Å². The van der Waals surface area contributed by atoms with Gasteiger partial charge in [0.25, 0.3) is 5.91 Å². The number of likely N-dealkylation sites (tertiary alicyclic amines) is 1. The molecule has 0 bridgehead atoms. The van der Waals surface area contributed by atoms with Crippen molar-refractivity contribution < 1.29 is 14.3 Å². The number of aryl methyl sites for hydroxylation is 1. The molecular formula is C20H29NO3. The van der Waals surface area contributed by atoms with Crippen molar-refractivity contribution in [2.75, 3.05) is 26.8 Å². The van der Waals surface area contributed by atoms with Crippen molar-refractivity contribution in [3.8, 4) is 0 Å². The number of benzene rings is 1. The fourth-order valence-corrected chi connectivity index (χ4v) is 3.96. The summed E-state index contributed by atoms with van der Waals surface area (Å²) in [7, 11) is 1.68. The Bertz CT molecular complexity index is 525. The van der Waals surface area contributed by atoms with Gasteiger partial charge in [-0.05, 0) is 50.5 Å². The number of ether oxygens (including phenoxy) is 2. The highest BCUT2D eigenvalue weighted by Gasteiger charge is 2.45. The van der Waals surface area contributed by atoms with E-state index in [4.69, 9.17) is 9.47 Å². The van der Waals surface area contributed by atoms with Gasteiger partial charge in [0.2, 0.25) is 0 Å². The zero-order valence-electron chi connectivity index (χ0n) is 14.7. The minimum atomic E-state index is -0.553. The third-order valence-corrected chi connectivity index (χ3v) is 5.43. The Morgan fingerprint density at radius 3 is 2.71 bits per heavy atom. The van der Waals surface area contributed by atoms with Crippen molar-refractivity contribution >= 4 is 5.91 Å².